The molecular weight excluding hydrogens is 304 g/mol. The Kier molecular flexibility index (Phi) is 3.80. The fraction of sp³-hybridized carbons (Fsp3) is 0.611. The number of hydrogen-bond acceptors (Lipinski definition) is 4. The van der Waals surface area contributed by atoms with Crippen LogP contribution < -0.4 is 0 Å². The zero-order valence-corrected chi connectivity index (χ0v) is 14.9. The lowest BCUT2D eigenvalue weighted by atomic mass is 9.57. The second kappa shape index (κ2) is 5.45. The van der Waals surface area contributed by atoms with E-state index in [2.05, 4.69) is 18.1 Å². The third kappa shape index (κ3) is 2.11. The van der Waals surface area contributed by atoms with Gasteiger partial charge in [-0.25, -0.2) is 0 Å². The smallest absolute Gasteiger partial charge is 0.271 e. The van der Waals surface area contributed by atoms with Gasteiger partial charge in [0.15, 0.2) is 0 Å². The number of aryl methyl sites for hydroxylation is 1. The molecule has 0 bridgehead atoms. The van der Waals surface area contributed by atoms with Gasteiger partial charge in [-0.1, -0.05) is 19.9 Å². The van der Waals surface area contributed by atoms with Gasteiger partial charge in [0.25, 0.3) is 5.91 Å². The highest BCUT2D eigenvalue weighted by atomic mass is 16.3. The van der Waals surface area contributed by atoms with Gasteiger partial charge in [-0.15, -0.1) is 0 Å². The van der Waals surface area contributed by atoms with Gasteiger partial charge >= 0.3 is 0 Å². The summed E-state index contributed by atoms with van der Waals surface area (Å²) < 4.78 is 1.66. The fourth-order valence-electron chi connectivity index (χ4n) is 4.49. The van der Waals surface area contributed by atoms with Crippen LogP contribution in [-0.4, -0.2) is 45.9 Å². The van der Waals surface area contributed by atoms with Crippen LogP contribution in [0.25, 0.3) is 0 Å². The number of rotatable bonds is 1. The Labute approximate surface area is 142 Å². The van der Waals surface area contributed by atoms with Crippen LogP contribution in [0, 0.1) is 23.2 Å². The second-order valence-corrected chi connectivity index (χ2v) is 7.44. The van der Waals surface area contributed by atoms with E-state index in [-0.39, 0.29) is 17.7 Å². The van der Waals surface area contributed by atoms with Gasteiger partial charge in [-0.2, -0.15) is 10.4 Å². The number of aliphatic hydroxyl groups excluding tert-OH is 1. The van der Waals surface area contributed by atoms with E-state index in [1.165, 1.54) is 0 Å². The summed E-state index contributed by atoms with van der Waals surface area (Å²) in [6, 6.07) is 2.14. The first kappa shape index (κ1) is 16.7. The second-order valence-electron chi connectivity index (χ2n) is 7.44. The molecule has 128 valence electrons. The molecule has 0 saturated heterocycles. The van der Waals surface area contributed by atoms with Gasteiger partial charge in [0.2, 0.25) is 0 Å². The fourth-order valence-corrected chi connectivity index (χ4v) is 4.49. The highest BCUT2D eigenvalue weighted by Gasteiger charge is 2.50. The highest BCUT2D eigenvalue weighted by molar-refractivity contribution is 5.94. The molecule has 1 aromatic rings. The monoisotopic (exact) mass is 328 g/mol. The first-order valence-electron chi connectivity index (χ1n) is 8.31. The molecular formula is C18H24N4O2. The van der Waals surface area contributed by atoms with Crippen LogP contribution in [0.15, 0.2) is 11.6 Å². The summed E-state index contributed by atoms with van der Waals surface area (Å²) in [5.41, 5.74) is 2.45. The Morgan fingerprint density at radius 3 is 2.79 bits per heavy atom. The molecule has 24 heavy (non-hydrogen) atoms. The number of hydrogen-bond donors (Lipinski definition) is 1. The molecule has 1 unspecified atom stereocenters. The lowest BCUT2D eigenvalue weighted by Crippen LogP contribution is -2.47. The Hall–Kier alpha value is -2.13. The SMILES string of the molecule is C[C@@H]1C(O)C(C#N)=C[C@]2(C)c3nn(C)c(C(=O)N(C)C)c3CC[C@@H]12. The zero-order chi connectivity index (χ0) is 17.8. The molecule has 0 fully saturated rings. The predicted octanol–water partition coefficient (Wildman–Crippen LogP) is 1.40. The third-order valence-corrected chi connectivity index (χ3v) is 5.78. The summed E-state index contributed by atoms with van der Waals surface area (Å²) in [6.45, 7) is 4.07. The molecule has 3 rings (SSSR count). The van der Waals surface area contributed by atoms with Crippen molar-refractivity contribution in [3.8, 4) is 6.07 Å². The van der Waals surface area contributed by atoms with Gasteiger partial charge in [-0.3, -0.25) is 9.48 Å². The minimum Gasteiger partial charge on any atom is -0.387 e. The maximum atomic E-state index is 12.6. The number of allylic oxidation sites excluding steroid dienone is 1. The molecule has 1 aromatic heterocycles. The number of fused-ring (bicyclic) bond motifs is 3. The van der Waals surface area contributed by atoms with Crippen molar-refractivity contribution in [3.63, 3.8) is 0 Å². The largest absolute Gasteiger partial charge is 0.387 e. The normalized spacial score (nSPS) is 31.5. The summed E-state index contributed by atoms with van der Waals surface area (Å²) >= 11 is 0. The Morgan fingerprint density at radius 2 is 2.21 bits per heavy atom. The molecule has 1 N–H and O–H groups in total. The van der Waals surface area contributed by atoms with Crippen molar-refractivity contribution in [1.82, 2.24) is 14.7 Å². The van der Waals surface area contributed by atoms with Crippen molar-refractivity contribution >= 4 is 5.91 Å². The molecule has 0 radical (unpaired) electrons. The topological polar surface area (TPSA) is 82.1 Å². The summed E-state index contributed by atoms with van der Waals surface area (Å²) in [5.74, 6) is 0.133. The molecule has 0 aliphatic heterocycles. The molecule has 1 amide bonds. The molecule has 0 aromatic carbocycles. The Morgan fingerprint density at radius 1 is 1.54 bits per heavy atom. The summed E-state index contributed by atoms with van der Waals surface area (Å²) in [6.07, 6.45) is 2.79. The Bertz CT molecular complexity index is 771. The van der Waals surface area contributed by atoms with E-state index in [0.29, 0.717) is 11.3 Å². The number of nitrogens with zero attached hydrogens (tertiary/aromatic N) is 4. The van der Waals surface area contributed by atoms with Crippen molar-refractivity contribution in [3.05, 3.63) is 28.6 Å². The zero-order valence-electron chi connectivity index (χ0n) is 14.9. The molecule has 6 nitrogen and oxygen atoms in total. The van der Waals surface area contributed by atoms with Gasteiger partial charge in [0, 0.05) is 32.1 Å². The van der Waals surface area contributed by atoms with E-state index in [9.17, 15) is 15.2 Å². The summed E-state index contributed by atoms with van der Waals surface area (Å²) in [7, 11) is 5.27. The lowest BCUT2D eigenvalue weighted by Gasteiger charge is -2.46. The molecule has 4 atom stereocenters. The first-order chi connectivity index (χ1) is 11.2. The van der Waals surface area contributed by atoms with Crippen LogP contribution in [-0.2, 0) is 18.9 Å². The van der Waals surface area contributed by atoms with Crippen LogP contribution in [0.3, 0.4) is 0 Å². The standard InChI is InChI=1S/C18H24N4O2/c1-10-13-7-6-12-14(17(24)21(3)4)22(5)20-16(12)18(13,2)8-11(9-19)15(10)23/h8,10,13,15,23H,6-7H2,1-5H3/t10-,13-,15?,18-/m0/s1. The van der Waals surface area contributed by atoms with Crippen molar-refractivity contribution in [2.45, 2.75) is 38.2 Å². The van der Waals surface area contributed by atoms with Crippen molar-refractivity contribution in [2.75, 3.05) is 14.1 Å². The van der Waals surface area contributed by atoms with Crippen LogP contribution in [0.5, 0.6) is 0 Å². The van der Waals surface area contributed by atoms with Crippen molar-refractivity contribution in [1.29, 1.82) is 5.26 Å². The van der Waals surface area contributed by atoms with Gasteiger partial charge < -0.3 is 10.0 Å². The van der Waals surface area contributed by atoms with Crippen molar-refractivity contribution < 1.29 is 9.90 Å². The lowest BCUT2D eigenvalue weighted by molar-refractivity contribution is 0.0668. The van der Waals surface area contributed by atoms with Crippen LogP contribution in [0.1, 0.15) is 42.0 Å². The number of carbonyl (C=O) groups excluding carboxylic acids is 1. The van der Waals surface area contributed by atoms with E-state index >= 15 is 0 Å². The first-order valence-corrected chi connectivity index (χ1v) is 8.31. The summed E-state index contributed by atoms with van der Waals surface area (Å²) in [4.78, 5) is 14.1. The number of amides is 1. The van der Waals surface area contributed by atoms with Crippen molar-refractivity contribution in [2.24, 2.45) is 18.9 Å². The van der Waals surface area contributed by atoms with E-state index in [0.717, 1.165) is 24.1 Å². The molecule has 2 aliphatic rings. The molecule has 1 heterocycles. The average molecular weight is 328 g/mol. The number of nitriles is 1. The summed E-state index contributed by atoms with van der Waals surface area (Å²) in [5, 5.41) is 24.4. The van der Waals surface area contributed by atoms with Gasteiger partial charge in [0.1, 0.15) is 5.69 Å². The highest BCUT2D eigenvalue weighted by Crippen LogP contribution is 2.50. The third-order valence-electron chi connectivity index (χ3n) is 5.78. The van der Waals surface area contributed by atoms with E-state index in [1.54, 1.807) is 30.7 Å². The maximum absolute atomic E-state index is 12.6. The molecule has 0 spiro atoms. The number of aromatic nitrogens is 2. The molecule has 2 aliphatic carbocycles. The minimum absolute atomic E-state index is 0.0159. The number of carbonyl (C=O) groups is 1. The molecule has 6 heteroatoms. The maximum Gasteiger partial charge on any atom is 0.271 e. The van der Waals surface area contributed by atoms with Crippen LogP contribution >= 0.6 is 0 Å². The van der Waals surface area contributed by atoms with Gasteiger partial charge in [0.05, 0.1) is 23.4 Å². The van der Waals surface area contributed by atoms with Crippen LogP contribution in [0.4, 0.5) is 0 Å². The van der Waals surface area contributed by atoms with Crippen LogP contribution in [0.2, 0.25) is 0 Å². The molecule has 0 saturated carbocycles. The van der Waals surface area contributed by atoms with E-state index < -0.39 is 11.5 Å². The van der Waals surface area contributed by atoms with E-state index in [1.807, 2.05) is 13.0 Å². The predicted molar refractivity (Wildman–Crippen MR) is 89.3 cm³/mol. The Balaban J connectivity index is 2.21. The number of aliphatic hydroxyl groups is 1. The average Bonchev–Trinajstić information content (AvgIpc) is 2.87. The minimum atomic E-state index is -0.721. The quantitative estimate of drug-likeness (QED) is 0.845. The van der Waals surface area contributed by atoms with Gasteiger partial charge in [-0.05, 0) is 24.7 Å². The van der Waals surface area contributed by atoms with E-state index in [4.69, 9.17) is 0 Å².